The largest absolute Gasteiger partial charge is 0.468 e. The second-order valence-corrected chi connectivity index (χ2v) is 8.08. The number of hydrogen-bond donors (Lipinski definition) is 0. The van der Waals surface area contributed by atoms with Gasteiger partial charge < -0.3 is 4.74 Å². The van der Waals surface area contributed by atoms with Crippen LogP contribution in [0.5, 0.6) is 0 Å². The molecule has 0 amide bonds. The number of ether oxygens (including phenoxy) is 1. The summed E-state index contributed by atoms with van der Waals surface area (Å²) in [4.78, 5) is 16.8. The fourth-order valence-corrected chi connectivity index (χ4v) is 4.31. The molecular formula is C24H30N6O2. The molecule has 1 saturated heterocycles. The molecule has 2 atom stereocenters. The SMILES string of the molecule is COC(=O)Cn1nnnc1[C@H](C1C=CC=CC1)N1CCN(C/C=C/c2ccccc2)CC1. The van der Waals surface area contributed by atoms with E-state index < -0.39 is 0 Å². The van der Waals surface area contributed by atoms with E-state index in [4.69, 9.17) is 4.74 Å². The first-order valence-corrected chi connectivity index (χ1v) is 11.1. The van der Waals surface area contributed by atoms with Crippen LogP contribution in [0.3, 0.4) is 0 Å². The number of carbonyl (C=O) groups excluding carboxylic acids is 1. The van der Waals surface area contributed by atoms with E-state index in [-0.39, 0.29) is 24.5 Å². The number of piperazine rings is 1. The van der Waals surface area contributed by atoms with Gasteiger partial charge in [0.05, 0.1) is 13.2 Å². The minimum atomic E-state index is -0.355. The van der Waals surface area contributed by atoms with Crippen LogP contribution in [-0.4, -0.2) is 75.8 Å². The fourth-order valence-electron chi connectivity index (χ4n) is 4.31. The molecule has 1 aliphatic carbocycles. The minimum absolute atomic E-state index is 0.0119. The normalized spacial score (nSPS) is 20.6. The zero-order valence-corrected chi connectivity index (χ0v) is 18.5. The number of tetrazole rings is 1. The van der Waals surface area contributed by atoms with Gasteiger partial charge in [-0.25, -0.2) is 4.68 Å². The summed E-state index contributed by atoms with van der Waals surface area (Å²) in [5.41, 5.74) is 1.22. The van der Waals surface area contributed by atoms with Crippen molar-refractivity contribution in [2.45, 2.75) is 19.0 Å². The van der Waals surface area contributed by atoms with Gasteiger partial charge in [0.25, 0.3) is 0 Å². The molecule has 0 radical (unpaired) electrons. The highest BCUT2D eigenvalue weighted by Crippen LogP contribution is 2.33. The van der Waals surface area contributed by atoms with Gasteiger partial charge in [-0.15, -0.1) is 5.10 Å². The third kappa shape index (κ3) is 5.57. The van der Waals surface area contributed by atoms with Crippen molar-refractivity contribution in [1.29, 1.82) is 0 Å². The van der Waals surface area contributed by atoms with Crippen molar-refractivity contribution in [3.05, 3.63) is 72.1 Å². The molecule has 1 aliphatic heterocycles. The Hall–Kier alpha value is -3.10. The predicted molar refractivity (Wildman–Crippen MR) is 122 cm³/mol. The lowest BCUT2D eigenvalue weighted by Crippen LogP contribution is -2.49. The smallest absolute Gasteiger partial charge is 0.327 e. The lowest BCUT2D eigenvalue weighted by Gasteiger charge is -2.41. The molecular weight excluding hydrogens is 404 g/mol. The van der Waals surface area contributed by atoms with E-state index >= 15 is 0 Å². The highest BCUT2D eigenvalue weighted by molar-refractivity contribution is 5.68. The van der Waals surface area contributed by atoms with E-state index in [2.05, 4.69) is 86.0 Å². The molecule has 8 heteroatoms. The maximum Gasteiger partial charge on any atom is 0.327 e. The summed E-state index contributed by atoms with van der Waals surface area (Å²) in [6.45, 7) is 4.73. The Kier molecular flexibility index (Phi) is 7.58. The standard InChI is InChI=1S/C24H30N6O2/c1-32-22(31)19-30-24(25-26-27-30)23(21-12-6-3-7-13-21)29-17-15-28(16-18-29)14-8-11-20-9-4-2-5-10-20/h2-12,21,23H,13-19H2,1H3/b11-8+/t21?,23-/m0/s1. The second-order valence-electron chi connectivity index (χ2n) is 8.08. The lowest BCUT2D eigenvalue weighted by molar-refractivity contribution is -0.141. The summed E-state index contributed by atoms with van der Waals surface area (Å²) in [6, 6.07) is 10.4. The van der Waals surface area contributed by atoms with Crippen molar-refractivity contribution in [1.82, 2.24) is 30.0 Å². The van der Waals surface area contributed by atoms with E-state index in [9.17, 15) is 4.79 Å². The molecule has 4 rings (SSSR count). The number of esters is 1. The van der Waals surface area contributed by atoms with Crippen LogP contribution < -0.4 is 0 Å². The number of benzene rings is 1. The number of methoxy groups -OCH3 is 1. The van der Waals surface area contributed by atoms with E-state index in [1.165, 1.54) is 12.7 Å². The topological polar surface area (TPSA) is 76.4 Å². The monoisotopic (exact) mass is 434 g/mol. The lowest BCUT2D eigenvalue weighted by atomic mass is 9.90. The van der Waals surface area contributed by atoms with Gasteiger partial charge in [-0.2, -0.15) is 0 Å². The summed E-state index contributed by atoms with van der Waals surface area (Å²) >= 11 is 0. The Morgan fingerprint density at radius 3 is 2.72 bits per heavy atom. The Balaban J connectivity index is 1.42. The quantitative estimate of drug-likeness (QED) is 0.590. The first-order chi connectivity index (χ1) is 15.7. The molecule has 1 aromatic carbocycles. The van der Waals surface area contributed by atoms with Crippen molar-refractivity contribution in [3.8, 4) is 0 Å². The Bertz CT molecular complexity index is 960. The van der Waals surface area contributed by atoms with Gasteiger partial charge in [-0.05, 0) is 22.4 Å². The van der Waals surface area contributed by atoms with Crippen LogP contribution in [0.25, 0.3) is 6.08 Å². The third-order valence-corrected chi connectivity index (χ3v) is 6.02. The van der Waals surface area contributed by atoms with Crippen molar-refractivity contribution >= 4 is 12.0 Å². The van der Waals surface area contributed by atoms with Crippen molar-refractivity contribution in [2.75, 3.05) is 39.8 Å². The van der Waals surface area contributed by atoms with Crippen LogP contribution in [-0.2, 0) is 16.1 Å². The summed E-state index contributed by atoms with van der Waals surface area (Å²) in [7, 11) is 1.38. The van der Waals surface area contributed by atoms with Crippen molar-refractivity contribution < 1.29 is 9.53 Å². The third-order valence-electron chi connectivity index (χ3n) is 6.02. The summed E-state index contributed by atoms with van der Waals surface area (Å²) in [5.74, 6) is 0.621. The van der Waals surface area contributed by atoms with Crippen LogP contribution in [0.15, 0.2) is 60.7 Å². The van der Waals surface area contributed by atoms with Gasteiger partial charge in [0.2, 0.25) is 0 Å². The van der Waals surface area contributed by atoms with Crippen LogP contribution in [0.1, 0.15) is 23.9 Å². The number of rotatable bonds is 8. The Labute approximate surface area is 188 Å². The number of carbonyl (C=O) groups is 1. The summed E-state index contributed by atoms with van der Waals surface area (Å²) in [6.07, 6.45) is 13.9. The molecule has 2 aromatic rings. The first-order valence-electron chi connectivity index (χ1n) is 11.1. The van der Waals surface area contributed by atoms with Crippen molar-refractivity contribution in [3.63, 3.8) is 0 Å². The molecule has 0 saturated carbocycles. The maximum absolute atomic E-state index is 11.9. The number of aromatic nitrogens is 4. The van der Waals surface area contributed by atoms with Gasteiger partial charge in [0, 0.05) is 38.6 Å². The van der Waals surface area contributed by atoms with Crippen LogP contribution >= 0.6 is 0 Å². The van der Waals surface area contributed by atoms with Gasteiger partial charge in [0.15, 0.2) is 5.82 Å². The van der Waals surface area contributed by atoms with Crippen LogP contribution in [0.2, 0.25) is 0 Å². The number of nitrogens with zero attached hydrogens (tertiary/aromatic N) is 6. The maximum atomic E-state index is 11.9. The van der Waals surface area contributed by atoms with E-state index in [0.717, 1.165) is 45.0 Å². The van der Waals surface area contributed by atoms with Gasteiger partial charge in [0.1, 0.15) is 6.54 Å². The Morgan fingerprint density at radius 2 is 2.00 bits per heavy atom. The van der Waals surface area contributed by atoms with E-state index in [1.54, 1.807) is 4.68 Å². The molecule has 1 unspecified atom stereocenters. The molecule has 2 aliphatic rings. The molecule has 1 aromatic heterocycles. The average molecular weight is 435 g/mol. The molecule has 0 spiro atoms. The van der Waals surface area contributed by atoms with E-state index in [0.29, 0.717) is 0 Å². The second kappa shape index (κ2) is 11.0. The highest BCUT2D eigenvalue weighted by Gasteiger charge is 2.34. The molecule has 32 heavy (non-hydrogen) atoms. The molecule has 1 fully saturated rings. The van der Waals surface area contributed by atoms with Crippen molar-refractivity contribution in [2.24, 2.45) is 5.92 Å². The first kappa shape index (κ1) is 22.1. The molecule has 2 heterocycles. The molecule has 8 nitrogen and oxygen atoms in total. The summed E-state index contributed by atoms with van der Waals surface area (Å²) < 4.78 is 6.41. The highest BCUT2D eigenvalue weighted by atomic mass is 16.5. The number of hydrogen-bond acceptors (Lipinski definition) is 7. The molecule has 0 bridgehead atoms. The van der Waals surface area contributed by atoms with Gasteiger partial charge in [-0.1, -0.05) is 66.8 Å². The summed E-state index contributed by atoms with van der Waals surface area (Å²) in [5, 5.41) is 12.3. The van der Waals surface area contributed by atoms with Gasteiger partial charge in [-0.3, -0.25) is 14.6 Å². The molecule has 0 N–H and O–H groups in total. The molecule has 168 valence electrons. The number of allylic oxidation sites excluding steroid dienone is 3. The predicted octanol–water partition coefficient (Wildman–Crippen LogP) is 2.35. The van der Waals surface area contributed by atoms with Crippen LogP contribution in [0, 0.1) is 5.92 Å². The Morgan fingerprint density at radius 1 is 1.19 bits per heavy atom. The average Bonchev–Trinajstić information content (AvgIpc) is 3.29. The zero-order chi connectivity index (χ0) is 22.2. The minimum Gasteiger partial charge on any atom is -0.468 e. The zero-order valence-electron chi connectivity index (χ0n) is 18.5. The van der Waals surface area contributed by atoms with Gasteiger partial charge >= 0.3 is 5.97 Å². The van der Waals surface area contributed by atoms with E-state index in [1.807, 2.05) is 6.07 Å². The van der Waals surface area contributed by atoms with Crippen LogP contribution in [0.4, 0.5) is 0 Å². The fraction of sp³-hybridized carbons (Fsp3) is 0.417.